The maximum Gasteiger partial charge on any atom is 0.321 e. The molecule has 1 amide bonds. The number of carbonyl (C=O) groups is 1. The first-order valence-electron chi connectivity index (χ1n) is 12.6. The highest BCUT2D eigenvalue weighted by atomic mass is 16.5. The van der Waals surface area contributed by atoms with E-state index in [0.717, 1.165) is 55.7 Å². The number of H-pyrrole nitrogens is 1. The van der Waals surface area contributed by atoms with Crippen molar-refractivity contribution in [2.45, 2.75) is 56.0 Å². The molecule has 0 unspecified atom stereocenters. The molecule has 12 heteroatoms. The lowest BCUT2D eigenvalue weighted by Crippen LogP contribution is -2.68. The standard InChI is InChI=1S/C24H26N10O2/c1-25-16-8-15(16)12-36-23-29-20(21(35)31-24-9-13(10-24)11-24)28-22(30-23)34-6-2-14(3-7-34)17-18-19(33-32-17)27-5-4-26-18/h4-5,13-16H,2-3,6-12H2,(H,31,35)(H,27,32,33)/t13?,15-,16-,24?/m1/s1. The van der Waals surface area contributed by atoms with Crippen LogP contribution in [-0.2, 0) is 0 Å². The Morgan fingerprint density at radius 2 is 2.00 bits per heavy atom. The summed E-state index contributed by atoms with van der Waals surface area (Å²) >= 11 is 0. The first-order chi connectivity index (χ1) is 17.6. The predicted molar refractivity (Wildman–Crippen MR) is 127 cm³/mol. The number of piperidine rings is 1. The smallest absolute Gasteiger partial charge is 0.321 e. The molecular formula is C24H26N10O2. The Morgan fingerprint density at radius 1 is 1.19 bits per heavy atom. The zero-order valence-corrected chi connectivity index (χ0v) is 19.7. The molecule has 184 valence electrons. The molecule has 4 aliphatic carbocycles. The van der Waals surface area contributed by atoms with Crippen LogP contribution in [-0.4, -0.2) is 72.3 Å². The van der Waals surface area contributed by atoms with Crippen LogP contribution in [0.1, 0.15) is 60.8 Å². The van der Waals surface area contributed by atoms with E-state index in [-0.39, 0.29) is 41.2 Å². The van der Waals surface area contributed by atoms with Crippen LogP contribution in [0.5, 0.6) is 6.01 Å². The monoisotopic (exact) mass is 486 g/mol. The van der Waals surface area contributed by atoms with E-state index < -0.39 is 0 Å². The molecule has 4 heterocycles. The number of aromatic amines is 1. The van der Waals surface area contributed by atoms with Gasteiger partial charge < -0.3 is 19.8 Å². The summed E-state index contributed by atoms with van der Waals surface area (Å²) < 4.78 is 5.85. The third kappa shape index (κ3) is 3.70. The van der Waals surface area contributed by atoms with Crippen LogP contribution in [0.3, 0.4) is 0 Å². The lowest BCUT2D eigenvalue weighted by molar-refractivity contribution is -0.0441. The highest BCUT2D eigenvalue weighted by Gasteiger charge is 2.57. The largest absolute Gasteiger partial charge is 0.463 e. The highest BCUT2D eigenvalue weighted by molar-refractivity contribution is 5.91. The molecule has 5 aliphatic rings. The Labute approximate surface area is 207 Å². The van der Waals surface area contributed by atoms with Gasteiger partial charge in [0.25, 0.3) is 5.91 Å². The lowest BCUT2D eigenvalue weighted by atomic mass is 9.50. The summed E-state index contributed by atoms with van der Waals surface area (Å²) in [6.07, 6.45) is 9.00. The Kier molecular flexibility index (Phi) is 4.80. The minimum Gasteiger partial charge on any atom is -0.463 e. The number of aromatic nitrogens is 7. The van der Waals surface area contributed by atoms with Crippen LogP contribution in [0.2, 0.25) is 0 Å². The quantitative estimate of drug-likeness (QED) is 0.479. The van der Waals surface area contributed by atoms with Crippen molar-refractivity contribution in [2.75, 3.05) is 24.6 Å². The second-order valence-electron chi connectivity index (χ2n) is 10.6. The molecule has 3 aromatic heterocycles. The van der Waals surface area contributed by atoms with Gasteiger partial charge in [0.05, 0.1) is 11.6 Å². The zero-order chi connectivity index (χ0) is 24.3. The number of fused-ring (bicyclic) bond motifs is 1. The molecule has 8 rings (SSSR count). The van der Waals surface area contributed by atoms with Gasteiger partial charge in [0.1, 0.15) is 12.1 Å². The molecule has 0 spiro atoms. The lowest BCUT2D eigenvalue weighted by Gasteiger charge is -2.61. The minimum absolute atomic E-state index is 0.0145. The second-order valence-corrected chi connectivity index (χ2v) is 10.6. The van der Waals surface area contributed by atoms with Gasteiger partial charge in [0, 0.05) is 43.4 Å². The van der Waals surface area contributed by atoms with Gasteiger partial charge in [-0.3, -0.25) is 9.89 Å². The van der Waals surface area contributed by atoms with E-state index >= 15 is 0 Å². The Hall–Kier alpha value is -3.88. The molecule has 36 heavy (non-hydrogen) atoms. The van der Waals surface area contributed by atoms with Gasteiger partial charge in [-0.2, -0.15) is 20.1 Å². The van der Waals surface area contributed by atoms with Crippen LogP contribution < -0.4 is 15.0 Å². The van der Waals surface area contributed by atoms with Gasteiger partial charge in [0.15, 0.2) is 5.65 Å². The van der Waals surface area contributed by atoms with Crippen LogP contribution >= 0.6 is 0 Å². The number of ether oxygens (including phenoxy) is 1. The Bertz CT molecular complexity index is 1360. The molecule has 1 saturated heterocycles. The van der Waals surface area contributed by atoms with E-state index in [2.05, 4.69) is 50.2 Å². The summed E-state index contributed by atoms with van der Waals surface area (Å²) in [4.78, 5) is 40.8. The molecule has 0 radical (unpaired) electrons. The zero-order valence-electron chi connectivity index (χ0n) is 19.7. The van der Waals surface area contributed by atoms with Gasteiger partial charge in [-0.1, -0.05) is 0 Å². The van der Waals surface area contributed by atoms with Crippen molar-refractivity contribution in [1.82, 2.24) is 40.4 Å². The maximum atomic E-state index is 13.0. The number of hydrogen-bond acceptors (Lipinski definition) is 9. The summed E-state index contributed by atoms with van der Waals surface area (Å²) in [5, 5.41) is 10.5. The van der Waals surface area contributed by atoms with E-state index in [0.29, 0.717) is 31.3 Å². The van der Waals surface area contributed by atoms with Crippen molar-refractivity contribution in [3.8, 4) is 6.01 Å². The number of rotatable bonds is 7. The van der Waals surface area contributed by atoms with E-state index in [9.17, 15) is 4.79 Å². The summed E-state index contributed by atoms with van der Waals surface area (Å²) in [6.45, 7) is 8.97. The van der Waals surface area contributed by atoms with Gasteiger partial charge in [-0.05, 0) is 38.0 Å². The Morgan fingerprint density at radius 3 is 2.72 bits per heavy atom. The van der Waals surface area contributed by atoms with Crippen molar-refractivity contribution in [3.05, 3.63) is 35.3 Å². The molecule has 0 aromatic carbocycles. The van der Waals surface area contributed by atoms with E-state index in [1.54, 1.807) is 12.4 Å². The molecule has 2 atom stereocenters. The highest BCUT2D eigenvalue weighted by Crippen LogP contribution is 2.57. The van der Waals surface area contributed by atoms with Crippen molar-refractivity contribution in [3.63, 3.8) is 0 Å². The Balaban J connectivity index is 1.09. The first-order valence-corrected chi connectivity index (χ1v) is 12.6. The molecule has 2 N–H and O–H groups in total. The molecule has 5 fully saturated rings. The van der Waals surface area contributed by atoms with Gasteiger partial charge in [-0.15, -0.1) is 0 Å². The first kappa shape index (κ1) is 21.4. The maximum absolute atomic E-state index is 13.0. The van der Waals surface area contributed by atoms with Gasteiger partial charge >= 0.3 is 6.01 Å². The number of hydrogen-bond donors (Lipinski definition) is 2. The van der Waals surface area contributed by atoms with Crippen LogP contribution in [0, 0.1) is 18.4 Å². The molecule has 12 nitrogen and oxygen atoms in total. The number of amides is 1. The fraction of sp³-hybridized carbons (Fsp3) is 0.583. The molecule has 3 aromatic rings. The number of anilines is 1. The number of carbonyl (C=O) groups excluding carboxylic acids is 1. The summed E-state index contributed by atoms with van der Waals surface area (Å²) in [7, 11) is 0. The van der Waals surface area contributed by atoms with Gasteiger partial charge in [0.2, 0.25) is 17.8 Å². The minimum atomic E-state index is -0.274. The summed E-state index contributed by atoms with van der Waals surface area (Å²) in [5.41, 5.74) is 2.39. The third-order valence-electron chi connectivity index (χ3n) is 8.10. The fourth-order valence-electron chi connectivity index (χ4n) is 5.75. The predicted octanol–water partition coefficient (Wildman–Crippen LogP) is 1.89. The summed E-state index contributed by atoms with van der Waals surface area (Å²) in [6, 6.07) is 0.163. The van der Waals surface area contributed by atoms with Crippen LogP contribution in [0.4, 0.5) is 5.95 Å². The van der Waals surface area contributed by atoms with E-state index in [1.165, 1.54) is 0 Å². The van der Waals surface area contributed by atoms with Crippen molar-refractivity contribution >= 4 is 23.0 Å². The van der Waals surface area contributed by atoms with Crippen LogP contribution in [0.25, 0.3) is 16.0 Å². The average molecular weight is 487 g/mol. The van der Waals surface area contributed by atoms with E-state index in [4.69, 9.17) is 11.3 Å². The number of nitrogens with one attached hydrogen (secondary N) is 2. The molecule has 2 bridgehead atoms. The average Bonchev–Trinajstić information content (AvgIpc) is 3.51. The fourth-order valence-corrected chi connectivity index (χ4v) is 5.75. The molecule has 4 saturated carbocycles. The molecule has 1 aliphatic heterocycles. The number of nitrogens with zero attached hydrogens (tertiary/aromatic N) is 8. The van der Waals surface area contributed by atoms with E-state index in [1.807, 2.05) is 0 Å². The SMILES string of the molecule is [C-]#[N+][C@@H]1C[C@@H]1COc1nc(C(=O)NC23CC(C2)C3)nc(N2CCC(c3[nH]nc4nccnc34)CC2)n1. The van der Waals surface area contributed by atoms with Gasteiger partial charge in [-0.25, -0.2) is 16.5 Å². The van der Waals surface area contributed by atoms with Crippen molar-refractivity contribution in [1.29, 1.82) is 0 Å². The van der Waals surface area contributed by atoms with Crippen molar-refractivity contribution in [2.24, 2.45) is 11.8 Å². The third-order valence-corrected chi connectivity index (χ3v) is 8.10. The van der Waals surface area contributed by atoms with Crippen molar-refractivity contribution < 1.29 is 9.53 Å². The second kappa shape index (κ2) is 8.08. The topological polar surface area (TPSA) is 139 Å². The normalized spacial score (nSPS) is 28.6. The summed E-state index contributed by atoms with van der Waals surface area (Å²) in [5.74, 6) is 1.50. The molecular weight excluding hydrogens is 460 g/mol. The van der Waals surface area contributed by atoms with Crippen LogP contribution in [0.15, 0.2) is 12.4 Å².